The van der Waals surface area contributed by atoms with Gasteiger partial charge in [0.15, 0.2) is 5.78 Å². The normalized spacial score (nSPS) is 12.1. The molecule has 0 heterocycles. The van der Waals surface area contributed by atoms with E-state index in [1.54, 1.807) is 6.92 Å². The lowest BCUT2D eigenvalue weighted by Gasteiger charge is -2.19. The van der Waals surface area contributed by atoms with Gasteiger partial charge in [0.05, 0.1) is 11.1 Å². The summed E-state index contributed by atoms with van der Waals surface area (Å²) >= 11 is 3.92. The van der Waals surface area contributed by atoms with Crippen LogP contribution in [-0.2, 0) is 0 Å². The van der Waals surface area contributed by atoms with Crippen molar-refractivity contribution >= 4 is 24.2 Å². The monoisotopic (exact) mass is 346 g/mol. The molecule has 0 aromatic heterocycles. The maximum Gasteiger partial charge on any atom is 0.201 e. The fourth-order valence-electron chi connectivity index (χ4n) is 2.48. The van der Waals surface area contributed by atoms with E-state index in [0.717, 1.165) is 17.9 Å². The summed E-state index contributed by atoms with van der Waals surface area (Å²) in [7, 11) is 0. The zero-order valence-corrected chi connectivity index (χ0v) is 14.2. The van der Waals surface area contributed by atoms with E-state index in [2.05, 4.69) is 19.6 Å². The second-order valence-corrected chi connectivity index (χ2v) is 5.92. The molecular weight excluding hydrogens is 328 g/mol. The molecule has 2 aromatic rings. The molecule has 0 fully saturated rings. The molecule has 5 nitrogen and oxygen atoms in total. The van der Waals surface area contributed by atoms with Crippen LogP contribution in [0.15, 0.2) is 24.3 Å². The molecule has 0 spiro atoms. The van der Waals surface area contributed by atoms with Gasteiger partial charge in [0.2, 0.25) is 5.78 Å². The minimum Gasteiger partial charge on any atom is -0.508 e. The molecule has 0 radical (unpaired) electrons. The summed E-state index contributed by atoms with van der Waals surface area (Å²) in [6.07, 6.45) is 1.18. The number of thiol groups is 1. The van der Waals surface area contributed by atoms with Gasteiger partial charge in [0, 0.05) is 17.2 Å². The number of hydrogen-bond donors (Lipinski definition) is 4. The van der Waals surface area contributed by atoms with E-state index >= 15 is 0 Å². The van der Waals surface area contributed by atoms with Gasteiger partial charge in [-0.05, 0) is 42.9 Å². The van der Waals surface area contributed by atoms with E-state index in [0.29, 0.717) is 5.56 Å². The number of ketones is 2. The van der Waals surface area contributed by atoms with Gasteiger partial charge < -0.3 is 15.3 Å². The van der Waals surface area contributed by atoms with E-state index in [9.17, 15) is 24.9 Å². The van der Waals surface area contributed by atoms with Gasteiger partial charge in [-0.2, -0.15) is 12.6 Å². The summed E-state index contributed by atoms with van der Waals surface area (Å²) in [5.74, 6) is -1.22. The van der Waals surface area contributed by atoms with Gasteiger partial charge in [-0.1, -0.05) is 6.92 Å². The van der Waals surface area contributed by atoms with Crippen molar-refractivity contribution in [2.75, 3.05) is 5.75 Å². The Kier molecular flexibility index (Phi) is 5.19. The molecule has 24 heavy (non-hydrogen) atoms. The standard InChI is InChI=1S/C15H10O5.C3H8S/c1-6-2-8-12(10(17)3-6)15(20)13-9(14(8)19)4-7(16)5-11(13)18;1-2-3-4/h2-5,16-18H,1H3;4H,2-3H2,1H3. The van der Waals surface area contributed by atoms with Gasteiger partial charge in [-0.15, -0.1) is 0 Å². The van der Waals surface area contributed by atoms with Gasteiger partial charge in [-0.3, -0.25) is 9.59 Å². The summed E-state index contributed by atoms with van der Waals surface area (Å²) in [4.78, 5) is 24.7. The zero-order chi connectivity index (χ0) is 18.0. The first-order chi connectivity index (χ1) is 11.3. The number of hydrogen-bond acceptors (Lipinski definition) is 6. The third-order valence-electron chi connectivity index (χ3n) is 3.53. The first-order valence-electron chi connectivity index (χ1n) is 7.41. The summed E-state index contributed by atoms with van der Waals surface area (Å²) < 4.78 is 0. The molecule has 126 valence electrons. The summed E-state index contributed by atoms with van der Waals surface area (Å²) in [6.45, 7) is 3.79. The third kappa shape index (κ3) is 3.10. The van der Waals surface area contributed by atoms with Crippen molar-refractivity contribution in [3.05, 3.63) is 52.1 Å². The van der Waals surface area contributed by atoms with Crippen LogP contribution in [0.2, 0.25) is 0 Å². The van der Waals surface area contributed by atoms with Crippen LogP contribution in [0.1, 0.15) is 50.8 Å². The van der Waals surface area contributed by atoms with Crippen molar-refractivity contribution in [2.24, 2.45) is 0 Å². The van der Waals surface area contributed by atoms with Gasteiger partial charge in [0.1, 0.15) is 17.2 Å². The Morgan fingerprint density at radius 3 is 1.92 bits per heavy atom. The van der Waals surface area contributed by atoms with E-state index in [4.69, 9.17) is 0 Å². The van der Waals surface area contributed by atoms with Crippen LogP contribution in [0.4, 0.5) is 0 Å². The molecule has 3 rings (SSSR count). The number of benzene rings is 2. The maximum atomic E-state index is 12.4. The number of carbonyl (C=O) groups is 2. The Hall–Kier alpha value is -2.47. The van der Waals surface area contributed by atoms with Crippen LogP contribution >= 0.6 is 12.6 Å². The fraction of sp³-hybridized carbons (Fsp3) is 0.222. The molecule has 2 aromatic carbocycles. The predicted molar refractivity (Wildman–Crippen MR) is 93.6 cm³/mol. The molecule has 0 atom stereocenters. The molecule has 0 saturated carbocycles. The molecule has 3 N–H and O–H groups in total. The molecule has 1 aliphatic carbocycles. The highest BCUT2D eigenvalue weighted by atomic mass is 32.1. The number of aryl methyl sites for hydroxylation is 1. The lowest BCUT2D eigenvalue weighted by molar-refractivity contribution is 0.0974. The second kappa shape index (κ2) is 6.97. The zero-order valence-electron chi connectivity index (χ0n) is 13.3. The average Bonchev–Trinajstić information content (AvgIpc) is 2.51. The Morgan fingerprint density at radius 2 is 1.38 bits per heavy atom. The number of fused-ring (bicyclic) bond motifs is 2. The molecule has 0 bridgehead atoms. The minimum absolute atomic E-state index is 0.0648. The van der Waals surface area contributed by atoms with E-state index in [1.165, 1.54) is 18.6 Å². The second-order valence-electron chi connectivity index (χ2n) is 5.48. The van der Waals surface area contributed by atoms with Crippen molar-refractivity contribution in [1.29, 1.82) is 0 Å². The lowest BCUT2D eigenvalue weighted by Crippen LogP contribution is -2.21. The van der Waals surface area contributed by atoms with Crippen LogP contribution in [-0.4, -0.2) is 32.6 Å². The molecule has 1 aliphatic rings. The van der Waals surface area contributed by atoms with Crippen molar-refractivity contribution < 1.29 is 24.9 Å². The highest BCUT2D eigenvalue weighted by Crippen LogP contribution is 2.38. The Morgan fingerprint density at radius 1 is 0.875 bits per heavy atom. The van der Waals surface area contributed by atoms with Crippen LogP contribution in [0, 0.1) is 6.92 Å². The highest BCUT2D eigenvalue weighted by molar-refractivity contribution is 7.80. The van der Waals surface area contributed by atoms with E-state index in [-0.39, 0.29) is 33.8 Å². The Balaban J connectivity index is 0.000000471. The van der Waals surface area contributed by atoms with Crippen LogP contribution in [0.5, 0.6) is 17.2 Å². The summed E-state index contributed by atoms with van der Waals surface area (Å²) in [6, 6.07) is 5.00. The summed E-state index contributed by atoms with van der Waals surface area (Å²) in [5, 5.41) is 29.1. The molecule has 0 aliphatic heterocycles. The number of phenols is 3. The van der Waals surface area contributed by atoms with Gasteiger partial charge >= 0.3 is 0 Å². The van der Waals surface area contributed by atoms with E-state index < -0.39 is 17.3 Å². The molecule has 0 unspecified atom stereocenters. The number of aromatic hydroxyl groups is 3. The number of phenolic OH excluding ortho intramolecular Hbond substituents is 3. The maximum absolute atomic E-state index is 12.4. The Bertz CT molecular complexity index is 761. The largest absolute Gasteiger partial charge is 0.508 e. The van der Waals surface area contributed by atoms with Crippen molar-refractivity contribution in [3.63, 3.8) is 0 Å². The van der Waals surface area contributed by atoms with E-state index in [1.807, 2.05) is 0 Å². The first-order valence-corrected chi connectivity index (χ1v) is 8.04. The molecule has 6 heteroatoms. The van der Waals surface area contributed by atoms with Crippen LogP contribution in [0.3, 0.4) is 0 Å². The van der Waals surface area contributed by atoms with Crippen molar-refractivity contribution in [3.8, 4) is 17.2 Å². The summed E-state index contributed by atoms with van der Waals surface area (Å²) in [5.41, 5.74) is 0.332. The number of carbonyl (C=O) groups excluding carboxylic acids is 2. The van der Waals surface area contributed by atoms with Crippen LogP contribution < -0.4 is 0 Å². The van der Waals surface area contributed by atoms with Crippen LogP contribution in [0.25, 0.3) is 0 Å². The topological polar surface area (TPSA) is 94.8 Å². The lowest BCUT2D eigenvalue weighted by atomic mass is 9.82. The number of rotatable bonds is 1. The van der Waals surface area contributed by atoms with Gasteiger partial charge in [-0.25, -0.2) is 0 Å². The average molecular weight is 346 g/mol. The smallest absolute Gasteiger partial charge is 0.201 e. The molecule has 0 amide bonds. The first kappa shape index (κ1) is 17.9. The fourth-order valence-corrected chi connectivity index (χ4v) is 2.48. The third-order valence-corrected chi connectivity index (χ3v) is 3.98. The predicted octanol–water partition coefficient (Wildman–Crippen LogP) is 3.21. The van der Waals surface area contributed by atoms with Crippen molar-refractivity contribution in [1.82, 2.24) is 0 Å². The quantitative estimate of drug-likeness (QED) is 0.508. The van der Waals surface area contributed by atoms with Crippen molar-refractivity contribution in [2.45, 2.75) is 20.3 Å². The minimum atomic E-state index is -0.635. The molecular formula is C18H18O5S. The van der Waals surface area contributed by atoms with Gasteiger partial charge in [0.25, 0.3) is 0 Å². The molecule has 0 saturated heterocycles. The SMILES string of the molecule is CCCS.Cc1cc(O)c2c(c1)C(=O)c1cc(O)cc(O)c1C2=O. The highest BCUT2D eigenvalue weighted by Gasteiger charge is 2.34. The Labute approximate surface area is 145 Å².